The number of anilines is 1. The molecule has 5 heteroatoms. The van der Waals surface area contributed by atoms with E-state index in [2.05, 4.69) is 10.6 Å². The summed E-state index contributed by atoms with van der Waals surface area (Å²) in [5.41, 5.74) is 0.537. The highest BCUT2D eigenvalue weighted by molar-refractivity contribution is 6.33. The molecular formula is C10H11ClN2O2. The molecule has 2 N–H and O–H groups in total. The van der Waals surface area contributed by atoms with Gasteiger partial charge in [-0.3, -0.25) is 9.59 Å². The fourth-order valence-electron chi connectivity index (χ4n) is 0.962. The van der Waals surface area contributed by atoms with Gasteiger partial charge in [0.1, 0.15) is 0 Å². The minimum atomic E-state index is -0.307. The Labute approximate surface area is 92.6 Å². The van der Waals surface area contributed by atoms with Crippen LogP contribution in [-0.2, 0) is 9.59 Å². The van der Waals surface area contributed by atoms with Gasteiger partial charge in [-0.15, -0.1) is 0 Å². The summed E-state index contributed by atoms with van der Waals surface area (Å²) in [6.45, 7) is 1.29. The molecule has 0 aliphatic heterocycles. The van der Waals surface area contributed by atoms with Crippen LogP contribution < -0.4 is 10.6 Å². The van der Waals surface area contributed by atoms with Gasteiger partial charge in [0.2, 0.25) is 11.8 Å². The number of halogens is 1. The predicted octanol–water partition coefficient (Wildman–Crippen LogP) is 1.41. The molecule has 1 aromatic rings. The second-order valence-electron chi connectivity index (χ2n) is 2.94. The smallest absolute Gasteiger partial charge is 0.243 e. The Bertz CT molecular complexity index is 379. The van der Waals surface area contributed by atoms with Crippen molar-refractivity contribution in [2.75, 3.05) is 11.9 Å². The summed E-state index contributed by atoms with van der Waals surface area (Å²) in [6.07, 6.45) is 0. The number of hydrogen-bond donors (Lipinski definition) is 2. The van der Waals surface area contributed by atoms with Gasteiger partial charge in [0.25, 0.3) is 0 Å². The summed E-state index contributed by atoms with van der Waals surface area (Å²) in [5, 5.41) is 5.44. The number of rotatable bonds is 3. The van der Waals surface area contributed by atoms with Crippen LogP contribution in [0, 0.1) is 0 Å². The van der Waals surface area contributed by atoms with Crippen LogP contribution in [0.1, 0.15) is 6.92 Å². The van der Waals surface area contributed by atoms with Crippen molar-refractivity contribution in [1.29, 1.82) is 0 Å². The normalized spacial score (nSPS) is 9.47. The fraction of sp³-hybridized carbons (Fsp3) is 0.200. The molecule has 0 aliphatic carbocycles. The van der Waals surface area contributed by atoms with Crippen LogP contribution >= 0.6 is 11.6 Å². The number of para-hydroxylation sites is 1. The first-order chi connectivity index (χ1) is 7.09. The maximum atomic E-state index is 11.3. The number of amides is 2. The molecule has 0 unspecified atom stereocenters. The first-order valence-electron chi connectivity index (χ1n) is 4.38. The first-order valence-corrected chi connectivity index (χ1v) is 4.76. The van der Waals surface area contributed by atoms with Crippen LogP contribution in [0.2, 0.25) is 5.02 Å². The lowest BCUT2D eigenvalue weighted by atomic mass is 10.3. The van der Waals surface area contributed by atoms with E-state index in [0.29, 0.717) is 10.7 Å². The average molecular weight is 227 g/mol. The molecule has 0 aliphatic rings. The summed E-state index contributed by atoms with van der Waals surface area (Å²) < 4.78 is 0. The summed E-state index contributed by atoms with van der Waals surface area (Å²) >= 11 is 5.83. The van der Waals surface area contributed by atoms with E-state index in [0.717, 1.165) is 0 Å². The minimum Gasteiger partial charge on any atom is -0.347 e. The van der Waals surface area contributed by atoms with Crippen molar-refractivity contribution in [3.8, 4) is 0 Å². The molecule has 0 heterocycles. The van der Waals surface area contributed by atoms with E-state index in [9.17, 15) is 9.59 Å². The molecule has 0 fully saturated rings. The lowest BCUT2D eigenvalue weighted by molar-refractivity contribution is -0.122. The Morgan fingerprint density at radius 3 is 2.60 bits per heavy atom. The lowest BCUT2D eigenvalue weighted by Crippen LogP contribution is -2.31. The van der Waals surface area contributed by atoms with Crippen LogP contribution in [0.4, 0.5) is 5.69 Å². The zero-order valence-corrected chi connectivity index (χ0v) is 8.97. The summed E-state index contributed by atoms with van der Waals surface area (Å²) in [6, 6.07) is 6.90. The number of nitrogens with one attached hydrogen (secondary N) is 2. The van der Waals surface area contributed by atoms with Crippen molar-refractivity contribution in [3.63, 3.8) is 0 Å². The third-order valence-corrected chi connectivity index (χ3v) is 1.98. The third-order valence-electron chi connectivity index (χ3n) is 1.65. The Kier molecular flexibility index (Phi) is 4.12. The van der Waals surface area contributed by atoms with Gasteiger partial charge < -0.3 is 10.6 Å². The minimum absolute atomic E-state index is 0.0550. The fourth-order valence-corrected chi connectivity index (χ4v) is 1.14. The molecule has 0 bridgehead atoms. The van der Waals surface area contributed by atoms with E-state index < -0.39 is 0 Å². The molecule has 1 rings (SSSR count). The van der Waals surface area contributed by atoms with Crippen molar-refractivity contribution in [2.45, 2.75) is 6.92 Å². The monoisotopic (exact) mass is 226 g/mol. The third kappa shape index (κ3) is 3.99. The van der Waals surface area contributed by atoms with Gasteiger partial charge in [0.05, 0.1) is 17.3 Å². The Balaban J connectivity index is 2.52. The molecule has 1 aromatic carbocycles. The largest absolute Gasteiger partial charge is 0.347 e. The zero-order chi connectivity index (χ0) is 11.3. The zero-order valence-electron chi connectivity index (χ0n) is 8.21. The second-order valence-corrected chi connectivity index (χ2v) is 3.34. The molecular weight excluding hydrogens is 216 g/mol. The predicted molar refractivity (Wildman–Crippen MR) is 58.8 cm³/mol. The SMILES string of the molecule is CC(=O)NCC(=O)Nc1ccccc1Cl. The lowest BCUT2D eigenvalue weighted by Gasteiger charge is -2.06. The number of benzene rings is 1. The highest BCUT2D eigenvalue weighted by Crippen LogP contribution is 2.19. The van der Waals surface area contributed by atoms with E-state index in [1.54, 1.807) is 24.3 Å². The topological polar surface area (TPSA) is 58.2 Å². The van der Waals surface area contributed by atoms with Crippen LogP contribution in [0.5, 0.6) is 0 Å². The molecule has 0 atom stereocenters. The molecule has 80 valence electrons. The second kappa shape index (κ2) is 5.36. The van der Waals surface area contributed by atoms with Crippen LogP contribution in [0.15, 0.2) is 24.3 Å². The molecule has 2 amide bonds. The molecule has 4 nitrogen and oxygen atoms in total. The van der Waals surface area contributed by atoms with Gasteiger partial charge in [-0.25, -0.2) is 0 Å². The van der Waals surface area contributed by atoms with Crippen molar-refractivity contribution in [3.05, 3.63) is 29.3 Å². The van der Waals surface area contributed by atoms with Gasteiger partial charge in [0.15, 0.2) is 0 Å². The highest BCUT2D eigenvalue weighted by Gasteiger charge is 2.04. The summed E-state index contributed by atoms with van der Waals surface area (Å²) in [5.74, 6) is -0.553. The van der Waals surface area contributed by atoms with E-state index in [1.165, 1.54) is 6.92 Å². The van der Waals surface area contributed by atoms with Crippen LogP contribution in [0.3, 0.4) is 0 Å². The first kappa shape index (κ1) is 11.5. The quantitative estimate of drug-likeness (QED) is 0.819. The van der Waals surface area contributed by atoms with E-state index >= 15 is 0 Å². The van der Waals surface area contributed by atoms with Crippen molar-refractivity contribution in [1.82, 2.24) is 5.32 Å². The molecule has 0 radical (unpaired) electrons. The van der Waals surface area contributed by atoms with E-state index in [1.807, 2.05) is 0 Å². The van der Waals surface area contributed by atoms with Gasteiger partial charge in [0, 0.05) is 6.92 Å². The Morgan fingerprint density at radius 2 is 2.00 bits per heavy atom. The van der Waals surface area contributed by atoms with Gasteiger partial charge in [-0.05, 0) is 12.1 Å². The summed E-state index contributed by atoms with van der Waals surface area (Å²) in [7, 11) is 0. The average Bonchev–Trinajstić information content (AvgIpc) is 2.18. The standard InChI is InChI=1S/C10H11ClN2O2/c1-7(14)12-6-10(15)13-9-5-3-2-4-8(9)11/h2-5H,6H2,1H3,(H,12,14)(H,13,15). The van der Waals surface area contributed by atoms with Crippen molar-refractivity contribution < 1.29 is 9.59 Å². The molecule has 15 heavy (non-hydrogen) atoms. The van der Waals surface area contributed by atoms with E-state index in [-0.39, 0.29) is 18.4 Å². The maximum Gasteiger partial charge on any atom is 0.243 e. The molecule has 0 spiro atoms. The number of carbonyl (C=O) groups excluding carboxylic acids is 2. The van der Waals surface area contributed by atoms with Gasteiger partial charge in [-0.2, -0.15) is 0 Å². The molecule has 0 saturated carbocycles. The van der Waals surface area contributed by atoms with Crippen LogP contribution in [-0.4, -0.2) is 18.4 Å². The number of hydrogen-bond acceptors (Lipinski definition) is 2. The van der Waals surface area contributed by atoms with Gasteiger partial charge in [-0.1, -0.05) is 23.7 Å². The van der Waals surface area contributed by atoms with Gasteiger partial charge >= 0.3 is 0 Å². The molecule has 0 saturated heterocycles. The maximum absolute atomic E-state index is 11.3. The summed E-state index contributed by atoms with van der Waals surface area (Å²) in [4.78, 5) is 21.8. The van der Waals surface area contributed by atoms with Crippen molar-refractivity contribution >= 4 is 29.1 Å². The molecule has 0 aromatic heterocycles. The van der Waals surface area contributed by atoms with Crippen molar-refractivity contribution in [2.24, 2.45) is 0 Å². The Hall–Kier alpha value is -1.55. The highest BCUT2D eigenvalue weighted by atomic mass is 35.5. The number of carbonyl (C=O) groups is 2. The Morgan fingerprint density at radius 1 is 1.33 bits per heavy atom. The van der Waals surface area contributed by atoms with E-state index in [4.69, 9.17) is 11.6 Å². The van der Waals surface area contributed by atoms with Crippen LogP contribution in [0.25, 0.3) is 0 Å².